The predicted octanol–water partition coefficient (Wildman–Crippen LogP) is 1.28. The first kappa shape index (κ1) is 9.30. The highest BCUT2D eigenvalue weighted by molar-refractivity contribution is 5.75. The van der Waals surface area contributed by atoms with Crippen molar-refractivity contribution in [3.05, 3.63) is 11.9 Å². The summed E-state index contributed by atoms with van der Waals surface area (Å²) < 4.78 is 12.4. The Kier molecular flexibility index (Phi) is 5.97. The molecule has 58 valence electrons. The van der Waals surface area contributed by atoms with Gasteiger partial charge in [-0.3, -0.25) is 4.99 Å². The molecule has 0 aliphatic heterocycles. The summed E-state index contributed by atoms with van der Waals surface area (Å²) in [5.74, 6) is -0.282. The number of halogens is 1. The smallest absolute Gasteiger partial charge is 0.136 e. The van der Waals surface area contributed by atoms with Crippen LogP contribution in [0.15, 0.2) is 16.9 Å². The number of nitrogens with zero attached hydrogens (tertiary/aromatic N) is 1. The first-order chi connectivity index (χ1) is 4.81. The topological polar surface area (TPSA) is 38.4 Å². The largest absolute Gasteiger partial charge is 0.329 e. The van der Waals surface area contributed by atoms with Crippen LogP contribution in [0.4, 0.5) is 4.39 Å². The normalized spacial score (nSPS) is 12.9. The monoisotopic (exact) mass is 144 g/mol. The molecule has 0 aromatic carbocycles. The van der Waals surface area contributed by atoms with Crippen molar-refractivity contribution in [1.29, 1.82) is 0 Å². The van der Waals surface area contributed by atoms with E-state index >= 15 is 0 Å². The van der Waals surface area contributed by atoms with Crippen molar-refractivity contribution in [2.45, 2.75) is 13.3 Å². The van der Waals surface area contributed by atoms with Gasteiger partial charge in [-0.25, -0.2) is 4.39 Å². The summed E-state index contributed by atoms with van der Waals surface area (Å²) in [4.78, 5) is 3.72. The van der Waals surface area contributed by atoms with Crippen LogP contribution in [0, 0.1) is 0 Å². The summed E-state index contributed by atoms with van der Waals surface area (Å²) in [6, 6.07) is 0. The summed E-state index contributed by atoms with van der Waals surface area (Å²) in [7, 11) is 0. The lowest BCUT2D eigenvalue weighted by Gasteiger charge is -1.85. The van der Waals surface area contributed by atoms with Crippen LogP contribution in [-0.2, 0) is 0 Å². The summed E-state index contributed by atoms with van der Waals surface area (Å²) in [6.45, 7) is 2.83. The van der Waals surface area contributed by atoms with Gasteiger partial charge in [-0.1, -0.05) is 6.92 Å². The van der Waals surface area contributed by atoms with E-state index in [1.165, 1.54) is 12.3 Å². The minimum absolute atomic E-state index is 0.282. The molecule has 0 atom stereocenters. The van der Waals surface area contributed by atoms with Gasteiger partial charge in [0, 0.05) is 6.54 Å². The van der Waals surface area contributed by atoms with E-state index in [4.69, 9.17) is 5.73 Å². The molecule has 0 fully saturated rings. The molecule has 0 spiro atoms. The van der Waals surface area contributed by atoms with Crippen molar-refractivity contribution in [2.75, 3.05) is 13.1 Å². The Balaban J connectivity index is 3.55. The van der Waals surface area contributed by atoms with E-state index in [1.54, 1.807) is 0 Å². The second-order valence-electron chi connectivity index (χ2n) is 1.82. The second-order valence-corrected chi connectivity index (χ2v) is 1.82. The van der Waals surface area contributed by atoms with Gasteiger partial charge in [0.2, 0.25) is 0 Å². The molecule has 2 nitrogen and oxygen atoms in total. The Morgan fingerprint density at radius 2 is 2.40 bits per heavy atom. The summed E-state index contributed by atoms with van der Waals surface area (Å²) in [5, 5.41) is 0. The Morgan fingerprint density at radius 3 is 2.90 bits per heavy atom. The number of aliphatic imine (C=N–C) groups is 1. The Morgan fingerprint density at radius 1 is 1.70 bits per heavy atom. The fourth-order valence-corrected chi connectivity index (χ4v) is 0.474. The Labute approximate surface area is 60.6 Å². The van der Waals surface area contributed by atoms with Crippen molar-refractivity contribution >= 4 is 6.21 Å². The fourth-order valence-electron chi connectivity index (χ4n) is 0.474. The van der Waals surface area contributed by atoms with Gasteiger partial charge < -0.3 is 5.73 Å². The standard InChI is InChI=1S/C7H13FN2/c1-2-3-7(8)6-10-5-4-9/h3,6H,2,4-5,9H2,1H3/b7-3+,10-6?. The number of hydrogen-bond acceptors (Lipinski definition) is 2. The molecule has 0 aliphatic carbocycles. The molecule has 0 rings (SSSR count). The van der Waals surface area contributed by atoms with Crippen LogP contribution in [0.1, 0.15) is 13.3 Å². The maximum atomic E-state index is 12.4. The average Bonchev–Trinajstić information content (AvgIpc) is 1.89. The zero-order chi connectivity index (χ0) is 7.82. The van der Waals surface area contributed by atoms with Gasteiger partial charge >= 0.3 is 0 Å². The number of hydrogen-bond donors (Lipinski definition) is 1. The van der Waals surface area contributed by atoms with Gasteiger partial charge in [-0.2, -0.15) is 0 Å². The molecule has 0 amide bonds. The highest BCUT2D eigenvalue weighted by Crippen LogP contribution is 1.93. The van der Waals surface area contributed by atoms with Crippen LogP contribution in [0.3, 0.4) is 0 Å². The average molecular weight is 144 g/mol. The fraction of sp³-hybridized carbons (Fsp3) is 0.571. The molecule has 0 aromatic heterocycles. The number of rotatable bonds is 4. The van der Waals surface area contributed by atoms with E-state index in [9.17, 15) is 4.39 Å². The van der Waals surface area contributed by atoms with Crippen molar-refractivity contribution in [3.63, 3.8) is 0 Å². The molecule has 0 saturated heterocycles. The zero-order valence-corrected chi connectivity index (χ0v) is 6.18. The first-order valence-electron chi connectivity index (χ1n) is 3.36. The van der Waals surface area contributed by atoms with Crippen molar-refractivity contribution in [3.8, 4) is 0 Å². The lowest BCUT2D eigenvalue weighted by molar-refractivity contribution is 0.679. The molecular formula is C7H13FN2. The lowest BCUT2D eigenvalue weighted by atomic mass is 10.4. The predicted molar refractivity (Wildman–Crippen MR) is 41.9 cm³/mol. The van der Waals surface area contributed by atoms with Gasteiger partial charge in [0.25, 0.3) is 0 Å². The van der Waals surface area contributed by atoms with Crippen LogP contribution in [0.25, 0.3) is 0 Å². The van der Waals surface area contributed by atoms with Gasteiger partial charge in [-0.15, -0.1) is 0 Å². The molecule has 0 aliphatic rings. The van der Waals surface area contributed by atoms with Crippen molar-refractivity contribution in [1.82, 2.24) is 0 Å². The highest BCUT2D eigenvalue weighted by Gasteiger charge is 1.83. The molecule has 0 bridgehead atoms. The van der Waals surface area contributed by atoms with Gasteiger partial charge in [0.15, 0.2) is 0 Å². The molecule has 3 heteroatoms. The molecule has 0 aromatic rings. The lowest BCUT2D eigenvalue weighted by Crippen LogP contribution is -2.02. The van der Waals surface area contributed by atoms with E-state index < -0.39 is 0 Å². The summed E-state index contributed by atoms with van der Waals surface area (Å²) in [6.07, 6.45) is 3.37. The Hall–Kier alpha value is -0.700. The second kappa shape index (κ2) is 6.42. The number of nitrogens with two attached hydrogens (primary N) is 1. The zero-order valence-electron chi connectivity index (χ0n) is 6.18. The van der Waals surface area contributed by atoms with Gasteiger partial charge in [0.1, 0.15) is 5.83 Å². The van der Waals surface area contributed by atoms with Crippen LogP contribution < -0.4 is 5.73 Å². The highest BCUT2D eigenvalue weighted by atomic mass is 19.1. The van der Waals surface area contributed by atoms with E-state index in [2.05, 4.69) is 4.99 Å². The third-order valence-electron chi connectivity index (χ3n) is 0.872. The summed E-state index contributed by atoms with van der Waals surface area (Å²) >= 11 is 0. The van der Waals surface area contributed by atoms with E-state index in [0.29, 0.717) is 19.5 Å². The SMILES string of the molecule is CC/C=C(/F)C=NCCN. The molecule has 0 radical (unpaired) electrons. The molecule has 0 heterocycles. The molecule has 0 saturated carbocycles. The quantitative estimate of drug-likeness (QED) is 0.593. The van der Waals surface area contributed by atoms with Crippen LogP contribution in [0.5, 0.6) is 0 Å². The van der Waals surface area contributed by atoms with Gasteiger partial charge in [-0.05, 0) is 12.5 Å². The third kappa shape index (κ3) is 5.44. The molecule has 2 N–H and O–H groups in total. The minimum Gasteiger partial charge on any atom is -0.329 e. The number of allylic oxidation sites excluding steroid dienone is 2. The Bertz CT molecular complexity index is 130. The third-order valence-corrected chi connectivity index (χ3v) is 0.872. The molecule has 0 unspecified atom stereocenters. The van der Waals surface area contributed by atoms with E-state index in [0.717, 1.165) is 0 Å². The van der Waals surface area contributed by atoms with E-state index in [-0.39, 0.29) is 5.83 Å². The molecule has 10 heavy (non-hydrogen) atoms. The van der Waals surface area contributed by atoms with Crippen molar-refractivity contribution < 1.29 is 4.39 Å². The van der Waals surface area contributed by atoms with E-state index in [1.807, 2.05) is 6.92 Å². The van der Waals surface area contributed by atoms with Crippen LogP contribution in [0.2, 0.25) is 0 Å². The summed E-state index contributed by atoms with van der Waals surface area (Å²) in [5.41, 5.74) is 5.13. The maximum absolute atomic E-state index is 12.4. The van der Waals surface area contributed by atoms with Crippen molar-refractivity contribution in [2.24, 2.45) is 10.7 Å². The molecular weight excluding hydrogens is 131 g/mol. The van der Waals surface area contributed by atoms with Gasteiger partial charge in [0.05, 0.1) is 12.8 Å². The minimum atomic E-state index is -0.282. The van der Waals surface area contributed by atoms with Crippen LogP contribution in [-0.4, -0.2) is 19.3 Å². The maximum Gasteiger partial charge on any atom is 0.136 e. The first-order valence-corrected chi connectivity index (χ1v) is 3.36. The van der Waals surface area contributed by atoms with Crippen LogP contribution >= 0.6 is 0 Å².